The number of pyridine rings is 1. The van der Waals surface area contributed by atoms with Gasteiger partial charge in [-0.3, -0.25) is 14.7 Å². The highest BCUT2D eigenvalue weighted by Gasteiger charge is 2.26. The van der Waals surface area contributed by atoms with Crippen LogP contribution in [0.2, 0.25) is 0 Å². The van der Waals surface area contributed by atoms with Gasteiger partial charge in [0.25, 0.3) is 0 Å². The summed E-state index contributed by atoms with van der Waals surface area (Å²) in [6, 6.07) is 8.87. The first-order valence-corrected chi connectivity index (χ1v) is 11.0. The Kier molecular flexibility index (Phi) is 5.19. The summed E-state index contributed by atoms with van der Waals surface area (Å²) in [5, 5.41) is 3.14. The Morgan fingerprint density at radius 2 is 2.00 bits per heavy atom. The van der Waals surface area contributed by atoms with Crippen LogP contribution >= 0.6 is 0 Å². The van der Waals surface area contributed by atoms with Crippen molar-refractivity contribution in [3.63, 3.8) is 0 Å². The van der Waals surface area contributed by atoms with Gasteiger partial charge in [-0.15, -0.1) is 0 Å². The average molecular weight is 388 g/mol. The van der Waals surface area contributed by atoms with Gasteiger partial charge in [0.1, 0.15) is 0 Å². The molecule has 3 heterocycles. The second kappa shape index (κ2) is 8.11. The molecular weight excluding hydrogens is 358 g/mol. The molecule has 1 aliphatic carbocycles. The van der Waals surface area contributed by atoms with E-state index in [9.17, 15) is 4.79 Å². The van der Waals surface area contributed by atoms with Crippen LogP contribution in [0.5, 0.6) is 0 Å². The van der Waals surface area contributed by atoms with E-state index < -0.39 is 0 Å². The number of likely N-dealkylation sites (tertiary alicyclic amines) is 1. The van der Waals surface area contributed by atoms with Gasteiger partial charge in [-0.05, 0) is 91.4 Å². The number of hydrogen-bond donors (Lipinski definition) is 1. The monoisotopic (exact) mass is 387 g/mol. The number of amides is 1. The zero-order valence-corrected chi connectivity index (χ0v) is 17.0. The molecule has 3 aliphatic rings. The van der Waals surface area contributed by atoms with Crippen molar-refractivity contribution in [2.75, 3.05) is 18.4 Å². The molecule has 0 saturated carbocycles. The number of carbonyl (C=O) groups excluding carboxylic acids is 1. The fraction of sp³-hybridized carbons (Fsp3) is 0.440. The topological polar surface area (TPSA) is 45.2 Å². The largest absolute Gasteiger partial charge is 0.326 e. The summed E-state index contributed by atoms with van der Waals surface area (Å²) in [7, 11) is 0. The van der Waals surface area contributed by atoms with Crippen LogP contribution in [0.25, 0.3) is 5.57 Å². The molecule has 0 atom stereocenters. The molecule has 1 aromatic carbocycles. The maximum Gasteiger partial charge on any atom is 0.224 e. The van der Waals surface area contributed by atoms with Gasteiger partial charge >= 0.3 is 0 Å². The average Bonchev–Trinajstić information content (AvgIpc) is 3.29. The van der Waals surface area contributed by atoms with Crippen molar-refractivity contribution in [3.8, 4) is 0 Å². The maximum absolute atomic E-state index is 11.9. The van der Waals surface area contributed by atoms with Crippen molar-refractivity contribution in [1.29, 1.82) is 0 Å². The first kappa shape index (κ1) is 18.6. The van der Waals surface area contributed by atoms with E-state index in [1.54, 1.807) is 0 Å². The Labute approximate surface area is 173 Å². The molecule has 2 aliphatic heterocycles. The van der Waals surface area contributed by atoms with Gasteiger partial charge in [0.15, 0.2) is 0 Å². The number of aryl methyl sites for hydroxylation is 1. The number of aromatic nitrogens is 1. The van der Waals surface area contributed by atoms with Crippen LogP contribution in [0, 0.1) is 0 Å². The van der Waals surface area contributed by atoms with Gasteiger partial charge in [-0.1, -0.05) is 24.3 Å². The lowest BCUT2D eigenvalue weighted by Gasteiger charge is -2.34. The van der Waals surface area contributed by atoms with Gasteiger partial charge in [0.05, 0.1) is 0 Å². The Balaban J connectivity index is 1.24. The van der Waals surface area contributed by atoms with Crippen LogP contribution in [0.3, 0.4) is 0 Å². The van der Waals surface area contributed by atoms with Gasteiger partial charge in [-0.2, -0.15) is 0 Å². The molecule has 0 spiro atoms. The smallest absolute Gasteiger partial charge is 0.224 e. The molecule has 0 radical (unpaired) electrons. The lowest BCUT2D eigenvalue weighted by Crippen LogP contribution is -2.33. The first-order valence-electron chi connectivity index (χ1n) is 11.0. The summed E-state index contributed by atoms with van der Waals surface area (Å²) in [6.07, 6.45) is 13.8. The van der Waals surface area contributed by atoms with Crippen molar-refractivity contribution < 1.29 is 4.79 Å². The molecule has 4 nitrogen and oxygen atoms in total. The number of para-hydroxylation sites is 1. The molecule has 1 aromatic heterocycles. The predicted octanol–water partition coefficient (Wildman–Crippen LogP) is 4.91. The van der Waals surface area contributed by atoms with Crippen molar-refractivity contribution >= 4 is 17.2 Å². The van der Waals surface area contributed by atoms with Gasteiger partial charge in [0, 0.05) is 31.0 Å². The van der Waals surface area contributed by atoms with Crippen LogP contribution in [0.4, 0.5) is 5.69 Å². The normalized spacial score (nSPS) is 20.3. The second-order valence-electron chi connectivity index (χ2n) is 8.68. The molecule has 29 heavy (non-hydrogen) atoms. The van der Waals surface area contributed by atoms with Crippen molar-refractivity contribution in [1.82, 2.24) is 9.88 Å². The lowest BCUT2D eigenvalue weighted by molar-refractivity contribution is -0.116. The second-order valence-corrected chi connectivity index (χ2v) is 8.68. The number of fused-ring (bicyclic) bond motifs is 1. The molecule has 1 fully saturated rings. The summed E-state index contributed by atoms with van der Waals surface area (Å²) in [5.41, 5.74) is 7.83. The predicted molar refractivity (Wildman–Crippen MR) is 117 cm³/mol. The summed E-state index contributed by atoms with van der Waals surface area (Å²) < 4.78 is 0. The number of rotatable bonds is 4. The van der Waals surface area contributed by atoms with E-state index in [1.165, 1.54) is 47.1 Å². The van der Waals surface area contributed by atoms with E-state index >= 15 is 0 Å². The molecular formula is C25H29N3O. The van der Waals surface area contributed by atoms with E-state index in [-0.39, 0.29) is 5.91 Å². The fourth-order valence-electron chi connectivity index (χ4n) is 5.11. The molecule has 1 saturated heterocycles. The standard InChI is InChI=1S/C25H29N3O/c29-24-9-8-21-6-3-7-23(25(21)27-24)20-10-12-28(13-11-20)17-18-14-22(16-26-15-18)19-4-1-2-5-19/h3-4,6-7,14-16,20H,1-2,5,8-13,17H2,(H,27,29). The third kappa shape index (κ3) is 3.99. The number of nitrogens with zero attached hydrogens (tertiary/aromatic N) is 2. The zero-order chi connectivity index (χ0) is 19.6. The molecule has 1 N–H and O–H groups in total. The number of allylic oxidation sites excluding steroid dienone is 2. The SMILES string of the molecule is O=C1CCc2cccc(C3CCN(Cc4cncc(C5=CCCC5)c4)CC3)c2N1. The van der Waals surface area contributed by atoms with E-state index in [1.807, 2.05) is 12.4 Å². The number of nitrogens with one attached hydrogen (secondary N) is 1. The third-order valence-electron chi connectivity index (χ3n) is 6.71. The molecule has 150 valence electrons. The van der Waals surface area contributed by atoms with Gasteiger partial charge in [0.2, 0.25) is 5.91 Å². The minimum Gasteiger partial charge on any atom is -0.326 e. The van der Waals surface area contributed by atoms with Crippen LogP contribution < -0.4 is 5.32 Å². The number of benzene rings is 1. The van der Waals surface area contributed by atoms with Crippen LogP contribution in [0.1, 0.15) is 66.7 Å². The number of carbonyl (C=O) groups is 1. The van der Waals surface area contributed by atoms with Crippen LogP contribution in [0.15, 0.2) is 42.7 Å². The number of anilines is 1. The van der Waals surface area contributed by atoms with Crippen molar-refractivity contribution in [3.05, 3.63) is 65.0 Å². The summed E-state index contributed by atoms with van der Waals surface area (Å²) >= 11 is 0. The third-order valence-corrected chi connectivity index (χ3v) is 6.71. The minimum atomic E-state index is 0.159. The molecule has 1 amide bonds. The molecule has 0 unspecified atom stereocenters. The zero-order valence-electron chi connectivity index (χ0n) is 17.0. The summed E-state index contributed by atoms with van der Waals surface area (Å²) in [6.45, 7) is 3.16. The Morgan fingerprint density at radius 1 is 1.10 bits per heavy atom. The first-order chi connectivity index (χ1) is 14.3. The summed E-state index contributed by atoms with van der Waals surface area (Å²) in [4.78, 5) is 19.0. The van der Waals surface area contributed by atoms with E-state index in [0.717, 1.165) is 44.6 Å². The minimum absolute atomic E-state index is 0.159. The Hall–Kier alpha value is -2.46. The lowest BCUT2D eigenvalue weighted by atomic mass is 9.85. The van der Waals surface area contributed by atoms with Crippen LogP contribution in [-0.4, -0.2) is 28.9 Å². The fourth-order valence-corrected chi connectivity index (χ4v) is 5.11. The van der Waals surface area contributed by atoms with E-state index in [4.69, 9.17) is 0 Å². The highest BCUT2D eigenvalue weighted by atomic mass is 16.1. The molecule has 2 aromatic rings. The van der Waals surface area contributed by atoms with E-state index in [2.05, 4.69) is 45.5 Å². The van der Waals surface area contributed by atoms with Gasteiger partial charge < -0.3 is 5.32 Å². The molecule has 0 bridgehead atoms. The Morgan fingerprint density at radius 3 is 2.83 bits per heavy atom. The number of hydrogen-bond acceptors (Lipinski definition) is 3. The highest BCUT2D eigenvalue weighted by Crippen LogP contribution is 2.37. The van der Waals surface area contributed by atoms with Crippen molar-refractivity contribution in [2.45, 2.75) is 57.4 Å². The number of piperidine rings is 1. The van der Waals surface area contributed by atoms with Crippen molar-refractivity contribution in [2.24, 2.45) is 0 Å². The quantitative estimate of drug-likeness (QED) is 0.810. The summed E-state index contributed by atoms with van der Waals surface area (Å²) in [5.74, 6) is 0.694. The van der Waals surface area contributed by atoms with E-state index in [0.29, 0.717) is 12.3 Å². The highest BCUT2D eigenvalue weighted by molar-refractivity contribution is 5.95. The molecule has 4 heteroatoms. The van der Waals surface area contributed by atoms with Gasteiger partial charge in [-0.25, -0.2) is 0 Å². The van der Waals surface area contributed by atoms with Crippen LogP contribution in [-0.2, 0) is 17.8 Å². The molecule has 5 rings (SSSR count). The Bertz CT molecular complexity index is 941. The maximum atomic E-state index is 11.9.